The summed E-state index contributed by atoms with van der Waals surface area (Å²) in [6.07, 6.45) is 0.958. The number of hydrogen-bond acceptors (Lipinski definition) is 3. The number of hydrogen-bond donors (Lipinski definition) is 3. The first-order chi connectivity index (χ1) is 7.09. The zero-order valence-electron chi connectivity index (χ0n) is 8.28. The van der Waals surface area contributed by atoms with Crippen LogP contribution in [0.4, 0.5) is 0 Å². The fourth-order valence-electron chi connectivity index (χ4n) is 2.35. The lowest BCUT2D eigenvalue weighted by Crippen LogP contribution is -2.50. The molecule has 0 bridgehead atoms. The van der Waals surface area contributed by atoms with Crippen LogP contribution < -0.4 is 5.73 Å². The van der Waals surface area contributed by atoms with Gasteiger partial charge in [-0.25, -0.2) is 0 Å². The van der Waals surface area contributed by atoms with Gasteiger partial charge in [-0.3, -0.25) is 0 Å². The maximum atomic E-state index is 9.84. The molecule has 0 aromatic heterocycles. The van der Waals surface area contributed by atoms with Gasteiger partial charge in [-0.15, -0.1) is 0 Å². The second kappa shape index (κ2) is 3.77. The molecule has 0 aliphatic heterocycles. The average molecular weight is 272 g/mol. The molecule has 3 nitrogen and oxygen atoms in total. The van der Waals surface area contributed by atoms with Crippen molar-refractivity contribution in [3.63, 3.8) is 0 Å². The molecule has 0 atom stereocenters. The molecule has 4 N–H and O–H groups in total. The smallest absolute Gasteiger partial charge is 0.120 e. The van der Waals surface area contributed by atoms with E-state index in [1.807, 2.05) is 6.07 Å². The van der Waals surface area contributed by atoms with Crippen molar-refractivity contribution in [1.82, 2.24) is 0 Å². The summed E-state index contributed by atoms with van der Waals surface area (Å²) < 4.78 is 0.861. The molecular formula is C11H14BrNO2. The van der Waals surface area contributed by atoms with Crippen molar-refractivity contribution in [3.8, 4) is 5.75 Å². The zero-order valence-corrected chi connectivity index (χ0v) is 9.87. The van der Waals surface area contributed by atoms with Gasteiger partial charge < -0.3 is 15.9 Å². The summed E-state index contributed by atoms with van der Waals surface area (Å²) in [7, 11) is 0. The lowest BCUT2D eigenvalue weighted by atomic mass is 9.62. The molecule has 1 fully saturated rings. The Bertz CT molecular complexity index is 355. The summed E-state index contributed by atoms with van der Waals surface area (Å²) >= 11 is 3.42. The maximum Gasteiger partial charge on any atom is 0.120 e. The second-order valence-corrected chi connectivity index (χ2v) is 5.03. The lowest BCUT2D eigenvalue weighted by molar-refractivity contribution is 0.0208. The summed E-state index contributed by atoms with van der Waals surface area (Å²) in [5, 5.41) is 19.2. The number of aliphatic hydroxyl groups excluding tert-OH is 1. The molecule has 1 aromatic carbocycles. The van der Waals surface area contributed by atoms with E-state index in [1.165, 1.54) is 0 Å². The fraction of sp³-hybridized carbons (Fsp3) is 0.455. The van der Waals surface area contributed by atoms with E-state index in [1.54, 1.807) is 12.1 Å². The Morgan fingerprint density at radius 1 is 1.47 bits per heavy atom. The van der Waals surface area contributed by atoms with Gasteiger partial charge in [0, 0.05) is 22.0 Å². The number of halogens is 1. The standard InChI is InChI=1S/C11H14BrNO2/c12-8-2-1-3-9(15)10(8)11(6-13)4-7(14)5-11/h1-3,7,14-15H,4-6,13H2. The van der Waals surface area contributed by atoms with Crippen LogP contribution >= 0.6 is 15.9 Å². The van der Waals surface area contributed by atoms with E-state index in [0.717, 1.165) is 10.0 Å². The third-order valence-electron chi connectivity index (χ3n) is 3.17. The first kappa shape index (κ1) is 10.9. The van der Waals surface area contributed by atoms with Crippen LogP contribution in [-0.4, -0.2) is 22.9 Å². The largest absolute Gasteiger partial charge is 0.508 e. The van der Waals surface area contributed by atoms with Crippen molar-refractivity contribution in [3.05, 3.63) is 28.2 Å². The number of phenolic OH excluding ortho intramolecular Hbond substituents is 1. The molecular weight excluding hydrogens is 258 g/mol. The van der Waals surface area contributed by atoms with Gasteiger partial charge in [0.25, 0.3) is 0 Å². The third-order valence-corrected chi connectivity index (χ3v) is 3.83. The number of rotatable bonds is 2. The Labute approximate surface area is 97.0 Å². The van der Waals surface area contributed by atoms with Gasteiger partial charge in [0.1, 0.15) is 5.75 Å². The van der Waals surface area contributed by atoms with E-state index in [4.69, 9.17) is 5.73 Å². The fourth-order valence-corrected chi connectivity index (χ4v) is 3.13. The van der Waals surface area contributed by atoms with Crippen molar-refractivity contribution >= 4 is 15.9 Å². The van der Waals surface area contributed by atoms with Crippen LogP contribution in [0.1, 0.15) is 18.4 Å². The molecule has 82 valence electrons. The Morgan fingerprint density at radius 3 is 2.60 bits per heavy atom. The van der Waals surface area contributed by atoms with Crippen LogP contribution in [0, 0.1) is 0 Å². The minimum absolute atomic E-state index is 0.252. The van der Waals surface area contributed by atoms with Crippen LogP contribution in [-0.2, 0) is 5.41 Å². The van der Waals surface area contributed by atoms with Crippen LogP contribution in [0.25, 0.3) is 0 Å². The van der Waals surface area contributed by atoms with Crippen molar-refractivity contribution in [1.29, 1.82) is 0 Å². The summed E-state index contributed by atoms with van der Waals surface area (Å²) in [6.45, 7) is 0.445. The van der Waals surface area contributed by atoms with Gasteiger partial charge in [-0.05, 0) is 25.0 Å². The van der Waals surface area contributed by atoms with Crippen LogP contribution in [0.5, 0.6) is 5.75 Å². The predicted octanol–water partition coefficient (Wildman–Crippen LogP) is 1.51. The maximum absolute atomic E-state index is 9.84. The van der Waals surface area contributed by atoms with Crippen LogP contribution in [0.2, 0.25) is 0 Å². The van der Waals surface area contributed by atoms with E-state index < -0.39 is 0 Å². The number of aliphatic hydroxyl groups is 1. The van der Waals surface area contributed by atoms with Gasteiger partial charge in [-0.2, -0.15) is 0 Å². The molecule has 0 radical (unpaired) electrons. The Balaban J connectivity index is 2.44. The Morgan fingerprint density at radius 2 is 2.13 bits per heavy atom. The average Bonchev–Trinajstić information content (AvgIpc) is 2.14. The zero-order chi connectivity index (χ0) is 11.1. The molecule has 1 aromatic rings. The van der Waals surface area contributed by atoms with Gasteiger partial charge in [0.05, 0.1) is 6.10 Å². The van der Waals surface area contributed by atoms with Gasteiger partial charge in [0.2, 0.25) is 0 Å². The molecule has 15 heavy (non-hydrogen) atoms. The van der Waals surface area contributed by atoms with Crippen LogP contribution in [0.3, 0.4) is 0 Å². The molecule has 4 heteroatoms. The van der Waals surface area contributed by atoms with Gasteiger partial charge in [0.15, 0.2) is 0 Å². The van der Waals surface area contributed by atoms with Crippen molar-refractivity contribution in [2.75, 3.05) is 6.54 Å². The first-order valence-electron chi connectivity index (χ1n) is 4.95. The molecule has 1 aliphatic rings. The lowest BCUT2D eigenvalue weighted by Gasteiger charge is -2.45. The molecule has 0 amide bonds. The summed E-state index contributed by atoms with van der Waals surface area (Å²) in [4.78, 5) is 0. The molecule has 0 spiro atoms. The number of phenols is 1. The van der Waals surface area contributed by atoms with E-state index in [-0.39, 0.29) is 17.3 Å². The third kappa shape index (κ3) is 1.67. The predicted molar refractivity (Wildman–Crippen MR) is 61.8 cm³/mol. The number of nitrogens with two attached hydrogens (primary N) is 1. The minimum atomic E-state index is -0.292. The van der Waals surface area contributed by atoms with E-state index in [0.29, 0.717) is 19.4 Å². The van der Waals surface area contributed by atoms with E-state index in [2.05, 4.69) is 15.9 Å². The molecule has 1 aliphatic carbocycles. The number of benzene rings is 1. The first-order valence-corrected chi connectivity index (χ1v) is 5.74. The second-order valence-electron chi connectivity index (χ2n) is 4.18. The molecule has 0 heterocycles. The monoisotopic (exact) mass is 271 g/mol. The highest BCUT2D eigenvalue weighted by atomic mass is 79.9. The molecule has 1 saturated carbocycles. The van der Waals surface area contributed by atoms with Crippen molar-refractivity contribution in [2.45, 2.75) is 24.4 Å². The Hall–Kier alpha value is -0.580. The molecule has 0 saturated heterocycles. The van der Waals surface area contributed by atoms with Crippen LogP contribution in [0.15, 0.2) is 22.7 Å². The summed E-state index contributed by atoms with van der Waals surface area (Å²) in [5.41, 5.74) is 6.33. The molecule has 2 rings (SSSR count). The highest BCUT2D eigenvalue weighted by molar-refractivity contribution is 9.10. The summed E-state index contributed by atoms with van der Waals surface area (Å²) in [6, 6.07) is 5.32. The Kier molecular flexibility index (Phi) is 2.75. The normalized spacial score (nSPS) is 29.9. The number of aromatic hydroxyl groups is 1. The van der Waals surface area contributed by atoms with Gasteiger partial charge >= 0.3 is 0 Å². The minimum Gasteiger partial charge on any atom is -0.508 e. The SMILES string of the molecule is NCC1(c2c(O)cccc2Br)CC(O)C1. The molecule has 0 unspecified atom stereocenters. The van der Waals surface area contributed by atoms with E-state index in [9.17, 15) is 10.2 Å². The van der Waals surface area contributed by atoms with E-state index >= 15 is 0 Å². The van der Waals surface area contributed by atoms with Crippen molar-refractivity contribution < 1.29 is 10.2 Å². The van der Waals surface area contributed by atoms with Crippen molar-refractivity contribution in [2.24, 2.45) is 5.73 Å². The topological polar surface area (TPSA) is 66.5 Å². The quantitative estimate of drug-likeness (QED) is 0.764. The highest BCUT2D eigenvalue weighted by Gasteiger charge is 2.46. The summed E-state index contributed by atoms with van der Waals surface area (Å²) in [5.74, 6) is 0.252. The van der Waals surface area contributed by atoms with Gasteiger partial charge in [-0.1, -0.05) is 22.0 Å². The highest BCUT2D eigenvalue weighted by Crippen LogP contribution is 2.48.